The second-order valence-corrected chi connectivity index (χ2v) is 5.73. The van der Waals surface area contributed by atoms with Crippen LogP contribution in [0, 0.1) is 0 Å². The fourth-order valence-corrected chi connectivity index (χ4v) is 2.49. The Morgan fingerprint density at radius 3 is 2.36 bits per heavy atom. The van der Waals surface area contributed by atoms with Gasteiger partial charge in [-0.25, -0.2) is 4.79 Å². The Hall–Kier alpha value is -1.61. The van der Waals surface area contributed by atoms with Gasteiger partial charge in [0.25, 0.3) is 0 Å². The second kappa shape index (κ2) is 8.74. The molecule has 0 saturated carbocycles. The molecule has 0 fully saturated rings. The van der Waals surface area contributed by atoms with Crippen LogP contribution >= 0.6 is 0 Å². The molecule has 1 aromatic rings. The molecule has 3 heteroatoms. The van der Waals surface area contributed by atoms with Crippen molar-refractivity contribution in [2.75, 3.05) is 7.11 Å². The van der Waals surface area contributed by atoms with Crippen LogP contribution in [0.4, 0.5) is 0 Å². The van der Waals surface area contributed by atoms with Gasteiger partial charge in [0.15, 0.2) is 0 Å². The summed E-state index contributed by atoms with van der Waals surface area (Å²) < 4.78 is 11.2. The third kappa shape index (κ3) is 4.99. The van der Waals surface area contributed by atoms with Crippen LogP contribution in [0.3, 0.4) is 0 Å². The Balaban J connectivity index is 2.85. The molecule has 0 saturated heterocycles. The minimum atomic E-state index is -0.515. The van der Waals surface area contributed by atoms with E-state index in [1.165, 1.54) is 5.56 Å². The SMILES string of the molecule is C/C=C(/C(=O)OC(C)(CC)Cc1ccccc1)C(CC)OC. The quantitative estimate of drug-likeness (QED) is 0.530. The van der Waals surface area contributed by atoms with E-state index in [1.54, 1.807) is 13.2 Å². The van der Waals surface area contributed by atoms with Crippen molar-refractivity contribution in [3.63, 3.8) is 0 Å². The molecule has 1 aromatic carbocycles. The third-order valence-corrected chi connectivity index (χ3v) is 4.06. The molecule has 122 valence electrons. The molecule has 0 aliphatic carbocycles. The number of rotatable bonds is 8. The van der Waals surface area contributed by atoms with E-state index in [0.717, 1.165) is 12.8 Å². The number of benzene rings is 1. The zero-order valence-electron chi connectivity index (χ0n) is 14.4. The number of hydrogen-bond acceptors (Lipinski definition) is 3. The van der Waals surface area contributed by atoms with Crippen LogP contribution in [0.2, 0.25) is 0 Å². The van der Waals surface area contributed by atoms with Crippen molar-refractivity contribution < 1.29 is 14.3 Å². The highest BCUT2D eigenvalue weighted by atomic mass is 16.6. The molecule has 0 amide bonds. The minimum absolute atomic E-state index is 0.213. The topological polar surface area (TPSA) is 35.5 Å². The van der Waals surface area contributed by atoms with Crippen molar-refractivity contribution in [2.24, 2.45) is 0 Å². The van der Waals surface area contributed by atoms with E-state index in [4.69, 9.17) is 9.47 Å². The summed E-state index contributed by atoms with van der Waals surface area (Å²) in [5.74, 6) is -0.281. The first-order valence-corrected chi connectivity index (χ1v) is 7.95. The van der Waals surface area contributed by atoms with Crippen molar-refractivity contribution in [3.8, 4) is 0 Å². The smallest absolute Gasteiger partial charge is 0.336 e. The normalized spacial score (nSPS) is 16.0. The fraction of sp³-hybridized carbons (Fsp3) is 0.526. The lowest BCUT2D eigenvalue weighted by atomic mass is 9.93. The number of carbonyl (C=O) groups is 1. The number of esters is 1. The van der Waals surface area contributed by atoms with Gasteiger partial charge in [0.05, 0.1) is 11.7 Å². The molecule has 2 atom stereocenters. The van der Waals surface area contributed by atoms with E-state index in [2.05, 4.69) is 12.1 Å². The molecular weight excluding hydrogens is 276 g/mol. The summed E-state index contributed by atoms with van der Waals surface area (Å²) in [6, 6.07) is 10.1. The predicted octanol–water partition coefficient (Wildman–Crippen LogP) is 4.31. The van der Waals surface area contributed by atoms with Gasteiger partial charge < -0.3 is 9.47 Å². The van der Waals surface area contributed by atoms with Crippen molar-refractivity contribution in [3.05, 3.63) is 47.5 Å². The second-order valence-electron chi connectivity index (χ2n) is 5.73. The Labute approximate surface area is 134 Å². The first kappa shape index (κ1) is 18.4. The Morgan fingerprint density at radius 2 is 1.91 bits per heavy atom. The summed E-state index contributed by atoms with van der Waals surface area (Å²) in [4.78, 5) is 12.5. The average molecular weight is 304 g/mol. The predicted molar refractivity (Wildman–Crippen MR) is 89.8 cm³/mol. The Kier molecular flexibility index (Phi) is 7.33. The van der Waals surface area contributed by atoms with Crippen LogP contribution in [0.25, 0.3) is 0 Å². The van der Waals surface area contributed by atoms with Crippen LogP contribution in [0.5, 0.6) is 0 Å². The van der Waals surface area contributed by atoms with E-state index in [0.29, 0.717) is 12.0 Å². The van der Waals surface area contributed by atoms with E-state index < -0.39 is 5.60 Å². The summed E-state index contributed by atoms with van der Waals surface area (Å²) in [5, 5.41) is 0. The molecular formula is C19H28O3. The lowest BCUT2D eigenvalue weighted by Gasteiger charge is -2.30. The zero-order valence-corrected chi connectivity index (χ0v) is 14.4. The van der Waals surface area contributed by atoms with Crippen molar-refractivity contribution in [1.29, 1.82) is 0 Å². The van der Waals surface area contributed by atoms with Gasteiger partial charge in [-0.3, -0.25) is 0 Å². The van der Waals surface area contributed by atoms with Gasteiger partial charge in [0.1, 0.15) is 5.60 Å². The monoisotopic (exact) mass is 304 g/mol. The molecule has 0 N–H and O–H groups in total. The maximum Gasteiger partial charge on any atom is 0.336 e. The summed E-state index contributed by atoms with van der Waals surface area (Å²) >= 11 is 0. The first-order valence-electron chi connectivity index (χ1n) is 7.95. The summed E-state index contributed by atoms with van der Waals surface area (Å²) in [6.45, 7) is 7.87. The van der Waals surface area contributed by atoms with Crippen molar-refractivity contribution in [1.82, 2.24) is 0 Å². The van der Waals surface area contributed by atoms with Gasteiger partial charge in [-0.1, -0.05) is 50.3 Å². The molecule has 0 spiro atoms. The molecule has 0 aromatic heterocycles. The number of hydrogen-bond donors (Lipinski definition) is 0. The highest BCUT2D eigenvalue weighted by Crippen LogP contribution is 2.24. The van der Waals surface area contributed by atoms with Gasteiger partial charge in [0.2, 0.25) is 0 Å². The zero-order chi connectivity index (χ0) is 16.6. The molecule has 22 heavy (non-hydrogen) atoms. The molecule has 2 unspecified atom stereocenters. The van der Waals surface area contributed by atoms with Gasteiger partial charge in [-0.05, 0) is 32.3 Å². The third-order valence-electron chi connectivity index (χ3n) is 4.06. The maximum absolute atomic E-state index is 12.5. The van der Waals surface area contributed by atoms with Crippen LogP contribution in [0.1, 0.15) is 46.1 Å². The molecule has 0 aliphatic rings. The number of methoxy groups -OCH3 is 1. The van der Waals surface area contributed by atoms with Crippen molar-refractivity contribution >= 4 is 5.97 Å². The van der Waals surface area contributed by atoms with Crippen LogP contribution in [-0.4, -0.2) is 24.8 Å². The molecule has 1 rings (SSSR count). The standard InChI is InChI=1S/C19H28O3/c1-6-16(17(7-2)21-5)18(20)22-19(4,8-3)14-15-12-10-9-11-13-15/h6,9-13,17H,7-8,14H2,1-5H3/b16-6+. The number of carbonyl (C=O) groups excluding carboxylic acids is 1. The van der Waals surface area contributed by atoms with Crippen molar-refractivity contribution in [2.45, 2.75) is 58.7 Å². The lowest BCUT2D eigenvalue weighted by Crippen LogP contribution is -2.36. The Bertz CT molecular complexity index is 489. The molecule has 0 heterocycles. The van der Waals surface area contributed by atoms with Crippen LogP contribution in [-0.2, 0) is 20.7 Å². The molecule has 0 aliphatic heterocycles. The van der Waals surface area contributed by atoms with Gasteiger partial charge in [-0.2, -0.15) is 0 Å². The van der Waals surface area contributed by atoms with Gasteiger partial charge >= 0.3 is 5.97 Å². The summed E-state index contributed by atoms with van der Waals surface area (Å²) in [6.07, 6.45) is 3.78. The summed E-state index contributed by atoms with van der Waals surface area (Å²) in [5.41, 5.74) is 1.25. The van der Waals surface area contributed by atoms with Gasteiger partial charge in [0, 0.05) is 13.5 Å². The highest BCUT2D eigenvalue weighted by molar-refractivity contribution is 5.89. The molecule has 0 radical (unpaired) electrons. The maximum atomic E-state index is 12.5. The number of allylic oxidation sites excluding steroid dienone is 1. The van der Waals surface area contributed by atoms with E-state index in [-0.39, 0.29) is 12.1 Å². The largest absolute Gasteiger partial charge is 0.456 e. The average Bonchev–Trinajstić information content (AvgIpc) is 2.53. The number of ether oxygens (including phenoxy) is 2. The summed E-state index contributed by atoms with van der Waals surface area (Å²) in [7, 11) is 1.62. The Morgan fingerprint density at radius 1 is 1.27 bits per heavy atom. The molecule has 0 bridgehead atoms. The fourth-order valence-electron chi connectivity index (χ4n) is 2.49. The van der Waals surface area contributed by atoms with Crippen LogP contribution < -0.4 is 0 Å². The van der Waals surface area contributed by atoms with E-state index >= 15 is 0 Å². The van der Waals surface area contributed by atoms with E-state index in [9.17, 15) is 4.79 Å². The van der Waals surface area contributed by atoms with Gasteiger partial charge in [-0.15, -0.1) is 0 Å². The first-order chi connectivity index (χ1) is 10.5. The molecule has 3 nitrogen and oxygen atoms in total. The van der Waals surface area contributed by atoms with Crippen LogP contribution in [0.15, 0.2) is 42.0 Å². The van der Waals surface area contributed by atoms with E-state index in [1.807, 2.05) is 45.9 Å². The lowest BCUT2D eigenvalue weighted by molar-refractivity contribution is -0.154. The minimum Gasteiger partial charge on any atom is -0.456 e. The highest BCUT2D eigenvalue weighted by Gasteiger charge is 2.30.